The lowest BCUT2D eigenvalue weighted by Crippen LogP contribution is -2.37. The second-order valence-corrected chi connectivity index (χ2v) is 7.57. The summed E-state index contributed by atoms with van der Waals surface area (Å²) in [7, 11) is 2.12. The van der Waals surface area contributed by atoms with Crippen LogP contribution in [0.2, 0.25) is 0 Å². The average Bonchev–Trinajstić information content (AvgIpc) is 3.04. The third kappa shape index (κ3) is 4.14. The van der Waals surface area contributed by atoms with Gasteiger partial charge in [0.05, 0.1) is 0 Å². The Morgan fingerprint density at radius 1 is 1.24 bits per heavy atom. The molecule has 150 valence electrons. The van der Waals surface area contributed by atoms with Crippen molar-refractivity contribution in [1.29, 1.82) is 0 Å². The molecule has 0 saturated heterocycles. The van der Waals surface area contributed by atoms with Gasteiger partial charge in [0.2, 0.25) is 5.91 Å². The Labute approximate surface area is 169 Å². The van der Waals surface area contributed by atoms with Gasteiger partial charge in [-0.05, 0) is 44.0 Å². The van der Waals surface area contributed by atoms with Gasteiger partial charge in [0.15, 0.2) is 5.82 Å². The highest BCUT2D eigenvalue weighted by Gasteiger charge is 2.27. The molecule has 1 unspecified atom stereocenters. The molecule has 0 spiro atoms. The quantitative estimate of drug-likeness (QED) is 0.700. The molecule has 0 saturated carbocycles. The maximum atomic E-state index is 13.1. The van der Waals surface area contributed by atoms with Gasteiger partial charge in [0.25, 0.3) is 5.56 Å². The largest absolute Gasteiger partial charge is 0.311 e. The van der Waals surface area contributed by atoms with Crippen LogP contribution < -0.4 is 10.9 Å². The van der Waals surface area contributed by atoms with Crippen LogP contribution in [0.5, 0.6) is 0 Å². The number of amides is 1. The summed E-state index contributed by atoms with van der Waals surface area (Å²) in [6.45, 7) is 2.29. The van der Waals surface area contributed by atoms with Crippen molar-refractivity contribution < 1.29 is 4.79 Å². The molecule has 2 heterocycles. The SMILES string of the molecule is CC(=O)Nc1cccc(-n2[nH]c3c(c2=O)CC(N(C)Cc2ccccc2)CC3)n1. The molecular formula is C22H25N5O2. The molecule has 7 heteroatoms. The lowest BCUT2D eigenvalue weighted by Gasteiger charge is -2.30. The first kappa shape index (κ1) is 19.1. The van der Waals surface area contributed by atoms with E-state index in [0.29, 0.717) is 24.1 Å². The van der Waals surface area contributed by atoms with Crippen molar-refractivity contribution in [3.05, 3.63) is 75.7 Å². The fraction of sp³-hybridized carbons (Fsp3) is 0.318. The third-order valence-electron chi connectivity index (χ3n) is 5.41. The van der Waals surface area contributed by atoms with Crippen LogP contribution in [-0.4, -0.2) is 38.7 Å². The number of nitrogens with zero attached hydrogens (tertiary/aromatic N) is 3. The lowest BCUT2D eigenvalue weighted by atomic mass is 9.92. The van der Waals surface area contributed by atoms with E-state index in [1.54, 1.807) is 18.2 Å². The standard InChI is InChI=1S/C22H25N5O2/c1-15(28)23-20-9-6-10-21(24-20)27-22(29)18-13-17(11-12-19(18)25-27)26(2)14-16-7-4-3-5-8-16/h3-10,17,25H,11-14H2,1-2H3,(H,23,24,28). The summed E-state index contributed by atoms with van der Waals surface area (Å²) in [6, 6.07) is 15.9. The van der Waals surface area contributed by atoms with Crippen molar-refractivity contribution in [2.24, 2.45) is 0 Å². The number of fused-ring (bicyclic) bond motifs is 1. The van der Waals surface area contributed by atoms with Crippen molar-refractivity contribution in [2.75, 3.05) is 12.4 Å². The molecule has 7 nitrogen and oxygen atoms in total. The van der Waals surface area contributed by atoms with Gasteiger partial charge in [-0.1, -0.05) is 36.4 Å². The summed E-state index contributed by atoms with van der Waals surface area (Å²) in [5.41, 5.74) is 3.01. The summed E-state index contributed by atoms with van der Waals surface area (Å²) in [5.74, 6) is 0.705. The minimum Gasteiger partial charge on any atom is -0.311 e. The molecule has 0 radical (unpaired) electrons. The van der Waals surface area contributed by atoms with Gasteiger partial charge in [-0.15, -0.1) is 0 Å². The van der Waals surface area contributed by atoms with Gasteiger partial charge in [-0.3, -0.25) is 19.6 Å². The van der Waals surface area contributed by atoms with Crippen molar-refractivity contribution in [1.82, 2.24) is 19.7 Å². The molecule has 3 aromatic rings. The zero-order chi connectivity index (χ0) is 20.4. The van der Waals surface area contributed by atoms with Crippen molar-refractivity contribution in [3.63, 3.8) is 0 Å². The number of anilines is 1. The number of aromatic nitrogens is 3. The molecule has 2 N–H and O–H groups in total. The van der Waals surface area contributed by atoms with E-state index in [0.717, 1.165) is 30.6 Å². The van der Waals surface area contributed by atoms with Crippen LogP contribution in [0.4, 0.5) is 5.82 Å². The smallest absolute Gasteiger partial charge is 0.276 e. The molecule has 1 amide bonds. The highest BCUT2D eigenvalue weighted by molar-refractivity contribution is 5.87. The molecule has 1 atom stereocenters. The monoisotopic (exact) mass is 391 g/mol. The van der Waals surface area contributed by atoms with Crippen LogP contribution in [0.3, 0.4) is 0 Å². The van der Waals surface area contributed by atoms with Gasteiger partial charge in [-0.2, -0.15) is 0 Å². The van der Waals surface area contributed by atoms with Gasteiger partial charge in [-0.25, -0.2) is 9.67 Å². The fourth-order valence-corrected chi connectivity index (χ4v) is 3.92. The minimum absolute atomic E-state index is 0.0645. The van der Waals surface area contributed by atoms with Crippen LogP contribution in [0.25, 0.3) is 5.82 Å². The van der Waals surface area contributed by atoms with E-state index >= 15 is 0 Å². The number of carbonyl (C=O) groups is 1. The second kappa shape index (κ2) is 8.05. The topological polar surface area (TPSA) is 83.0 Å². The Morgan fingerprint density at radius 3 is 2.79 bits per heavy atom. The molecule has 0 bridgehead atoms. The predicted molar refractivity (Wildman–Crippen MR) is 112 cm³/mol. The number of carbonyl (C=O) groups excluding carboxylic acids is 1. The zero-order valence-corrected chi connectivity index (χ0v) is 16.7. The minimum atomic E-state index is -0.197. The molecular weight excluding hydrogens is 366 g/mol. The Bertz CT molecular complexity index is 1070. The van der Waals surface area contributed by atoms with E-state index in [1.807, 2.05) is 6.07 Å². The van der Waals surface area contributed by atoms with E-state index < -0.39 is 0 Å². The number of nitrogens with one attached hydrogen (secondary N) is 2. The summed E-state index contributed by atoms with van der Waals surface area (Å²) in [6.07, 6.45) is 2.54. The fourth-order valence-electron chi connectivity index (χ4n) is 3.92. The Balaban J connectivity index is 1.55. The number of H-pyrrole nitrogens is 1. The molecule has 1 aromatic carbocycles. The van der Waals surface area contributed by atoms with Crippen LogP contribution in [-0.2, 0) is 24.2 Å². The highest BCUT2D eigenvalue weighted by Crippen LogP contribution is 2.22. The van der Waals surface area contributed by atoms with Gasteiger partial charge >= 0.3 is 0 Å². The molecule has 29 heavy (non-hydrogen) atoms. The molecule has 2 aromatic heterocycles. The summed E-state index contributed by atoms with van der Waals surface area (Å²) in [5, 5.41) is 5.87. The first-order valence-electron chi connectivity index (χ1n) is 9.83. The number of benzene rings is 1. The van der Waals surface area contributed by atoms with E-state index in [1.165, 1.54) is 17.2 Å². The number of aromatic amines is 1. The van der Waals surface area contributed by atoms with E-state index in [-0.39, 0.29) is 11.5 Å². The number of pyridine rings is 1. The maximum Gasteiger partial charge on any atom is 0.276 e. The van der Waals surface area contributed by atoms with E-state index in [9.17, 15) is 9.59 Å². The number of hydrogen-bond donors (Lipinski definition) is 2. The van der Waals surface area contributed by atoms with Crippen LogP contribution in [0.1, 0.15) is 30.2 Å². The second-order valence-electron chi connectivity index (χ2n) is 7.57. The molecule has 1 aliphatic rings. The first-order chi connectivity index (χ1) is 14.0. The van der Waals surface area contributed by atoms with Crippen molar-refractivity contribution in [2.45, 2.75) is 38.8 Å². The van der Waals surface area contributed by atoms with E-state index in [2.05, 4.69) is 51.6 Å². The van der Waals surface area contributed by atoms with Crippen LogP contribution >= 0.6 is 0 Å². The maximum absolute atomic E-state index is 13.1. The number of aryl methyl sites for hydroxylation is 1. The van der Waals surface area contributed by atoms with Gasteiger partial charge in [0.1, 0.15) is 5.82 Å². The number of hydrogen-bond acceptors (Lipinski definition) is 4. The summed E-state index contributed by atoms with van der Waals surface area (Å²) in [4.78, 5) is 31.1. The highest BCUT2D eigenvalue weighted by atomic mass is 16.1. The normalized spacial score (nSPS) is 15.9. The number of likely N-dealkylation sites (N-methyl/N-ethyl adjacent to an activating group) is 1. The van der Waals surface area contributed by atoms with Crippen molar-refractivity contribution in [3.8, 4) is 5.82 Å². The number of rotatable bonds is 5. The summed E-state index contributed by atoms with van der Waals surface area (Å²) < 4.78 is 1.48. The van der Waals surface area contributed by atoms with Gasteiger partial charge < -0.3 is 5.32 Å². The first-order valence-corrected chi connectivity index (χ1v) is 9.83. The third-order valence-corrected chi connectivity index (χ3v) is 5.41. The zero-order valence-electron chi connectivity index (χ0n) is 16.7. The molecule has 0 aliphatic heterocycles. The Kier molecular flexibility index (Phi) is 5.31. The molecule has 0 fully saturated rings. The summed E-state index contributed by atoms with van der Waals surface area (Å²) >= 11 is 0. The van der Waals surface area contributed by atoms with E-state index in [4.69, 9.17) is 0 Å². The Hall–Kier alpha value is -3.19. The lowest BCUT2D eigenvalue weighted by molar-refractivity contribution is -0.114. The van der Waals surface area contributed by atoms with Crippen molar-refractivity contribution >= 4 is 11.7 Å². The molecule has 1 aliphatic carbocycles. The predicted octanol–water partition coefficient (Wildman–Crippen LogP) is 2.51. The molecule has 4 rings (SSSR count). The average molecular weight is 391 g/mol. The Morgan fingerprint density at radius 2 is 2.03 bits per heavy atom. The van der Waals surface area contributed by atoms with Crippen LogP contribution in [0, 0.1) is 0 Å². The van der Waals surface area contributed by atoms with Gasteiger partial charge in [0, 0.05) is 30.8 Å². The van der Waals surface area contributed by atoms with Crippen LogP contribution in [0.15, 0.2) is 53.3 Å².